The van der Waals surface area contributed by atoms with Crippen molar-refractivity contribution in [1.82, 2.24) is 15.5 Å². The maximum absolute atomic E-state index is 11.7. The molecule has 1 aliphatic heterocycles. The molecular formula is C12H20N4OS. The summed E-state index contributed by atoms with van der Waals surface area (Å²) in [5, 5.41) is 13.2. The molecule has 0 aliphatic carbocycles. The molecule has 5 nitrogen and oxygen atoms in total. The van der Waals surface area contributed by atoms with Crippen molar-refractivity contribution in [3.8, 4) is 0 Å². The van der Waals surface area contributed by atoms with Crippen molar-refractivity contribution in [2.45, 2.75) is 32.6 Å². The molecule has 1 atom stereocenters. The van der Waals surface area contributed by atoms with Gasteiger partial charge in [-0.1, -0.05) is 25.2 Å². The number of carbonyl (C=O) groups is 1. The maximum Gasteiger partial charge on any atom is 0.224 e. The van der Waals surface area contributed by atoms with Crippen LogP contribution >= 0.6 is 11.3 Å². The molecule has 6 heteroatoms. The number of hydrogen-bond acceptors (Lipinski definition) is 5. The lowest BCUT2D eigenvalue weighted by Crippen LogP contribution is -2.42. The van der Waals surface area contributed by atoms with Gasteiger partial charge in [0.2, 0.25) is 11.0 Å². The molecule has 0 aromatic carbocycles. The summed E-state index contributed by atoms with van der Waals surface area (Å²) >= 11 is 1.64. The van der Waals surface area contributed by atoms with E-state index in [0.29, 0.717) is 5.92 Å². The van der Waals surface area contributed by atoms with E-state index < -0.39 is 0 Å². The van der Waals surface area contributed by atoms with Crippen molar-refractivity contribution in [3.05, 3.63) is 5.01 Å². The third kappa shape index (κ3) is 2.80. The molecule has 1 aromatic heterocycles. The summed E-state index contributed by atoms with van der Waals surface area (Å²) in [5.74, 6) is 0.624. The Morgan fingerprint density at radius 2 is 2.28 bits per heavy atom. The van der Waals surface area contributed by atoms with E-state index in [1.807, 2.05) is 0 Å². The molecule has 0 spiro atoms. The maximum atomic E-state index is 11.7. The van der Waals surface area contributed by atoms with E-state index in [-0.39, 0.29) is 11.8 Å². The summed E-state index contributed by atoms with van der Waals surface area (Å²) in [6.07, 6.45) is 2.00. The first-order valence-electron chi connectivity index (χ1n) is 6.41. The van der Waals surface area contributed by atoms with Gasteiger partial charge in [-0.2, -0.15) is 0 Å². The first-order valence-corrected chi connectivity index (χ1v) is 7.23. The molecule has 1 fully saturated rings. The molecule has 18 heavy (non-hydrogen) atoms. The van der Waals surface area contributed by atoms with E-state index in [1.165, 1.54) is 0 Å². The summed E-state index contributed by atoms with van der Waals surface area (Å²) < 4.78 is 0. The van der Waals surface area contributed by atoms with Crippen LogP contribution in [0, 0.1) is 5.92 Å². The number of anilines is 1. The van der Waals surface area contributed by atoms with Crippen molar-refractivity contribution in [1.29, 1.82) is 0 Å². The van der Waals surface area contributed by atoms with Crippen LogP contribution in [0.15, 0.2) is 0 Å². The van der Waals surface area contributed by atoms with Gasteiger partial charge in [0.25, 0.3) is 0 Å². The second-order valence-corrected chi connectivity index (χ2v) is 5.96. The Labute approximate surface area is 112 Å². The van der Waals surface area contributed by atoms with Gasteiger partial charge in [-0.15, -0.1) is 10.2 Å². The normalized spacial score (nSPS) is 20.2. The summed E-state index contributed by atoms with van der Waals surface area (Å²) in [6.45, 7) is 5.97. The van der Waals surface area contributed by atoms with Gasteiger partial charge in [-0.25, -0.2) is 0 Å². The molecule has 0 bridgehead atoms. The van der Waals surface area contributed by atoms with Crippen LogP contribution in [0.25, 0.3) is 0 Å². The highest BCUT2D eigenvalue weighted by Gasteiger charge is 2.27. The number of aromatic nitrogens is 2. The molecule has 1 unspecified atom stereocenters. The molecule has 1 aliphatic rings. The van der Waals surface area contributed by atoms with Crippen LogP contribution in [-0.2, 0) is 4.79 Å². The van der Waals surface area contributed by atoms with Crippen molar-refractivity contribution in [2.24, 2.45) is 5.92 Å². The van der Waals surface area contributed by atoms with Gasteiger partial charge < -0.3 is 10.2 Å². The molecule has 0 radical (unpaired) electrons. The van der Waals surface area contributed by atoms with E-state index in [4.69, 9.17) is 0 Å². The number of nitrogens with zero attached hydrogens (tertiary/aromatic N) is 3. The Hall–Kier alpha value is -1.17. The summed E-state index contributed by atoms with van der Waals surface area (Å²) in [7, 11) is 1.70. The monoisotopic (exact) mass is 268 g/mol. The highest BCUT2D eigenvalue weighted by molar-refractivity contribution is 7.15. The van der Waals surface area contributed by atoms with Crippen molar-refractivity contribution < 1.29 is 4.79 Å². The summed E-state index contributed by atoms with van der Waals surface area (Å²) in [6, 6.07) is 0. The van der Waals surface area contributed by atoms with E-state index in [2.05, 4.69) is 34.3 Å². The summed E-state index contributed by atoms with van der Waals surface area (Å²) in [4.78, 5) is 13.9. The number of nitrogens with one attached hydrogen (secondary N) is 1. The Balaban J connectivity index is 2.05. The average molecular weight is 268 g/mol. The van der Waals surface area contributed by atoms with Crippen molar-refractivity contribution in [3.63, 3.8) is 0 Å². The predicted molar refractivity (Wildman–Crippen MR) is 73.0 cm³/mol. The third-order valence-electron chi connectivity index (χ3n) is 3.23. The third-order valence-corrected chi connectivity index (χ3v) is 4.52. The number of piperidine rings is 1. The fraction of sp³-hybridized carbons (Fsp3) is 0.750. The first kappa shape index (κ1) is 13.3. The van der Waals surface area contributed by atoms with Gasteiger partial charge in [-0.05, 0) is 12.8 Å². The molecule has 1 aromatic rings. The zero-order chi connectivity index (χ0) is 13.1. The fourth-order valence-electron chi connectivity index (χ4n) is 2.16. The van der Waals surface area contributed by atoms with Gasteiger partial charge in [0.05, 0.1) is 5.92 Å². The SMILES string of the molecule is CNC(=O)C1CCCN(c2nnc(C(C)C)s2)C1. The van der Waals surface area contributed by atoms with Crippen molar-refractivity contribution in [2.75, 3.05) is 25.0 Å². The lowest BCUT2D eigenvalue weighted by Gasteiger charge is -2.31. The van der Waals surface area contributed by atoms with Crippen LogP contribution < -0.4 is 10.2 Å². The average Bonchev–Trinajstić information content (AvgIpc) is 2.88. The van der Waals surface area contributed by atoms with Crippen molar-refractivity contribution >= 4 is 22.4 Å². The van der Waals surface area contributed by atoms with Gasteiger partial charge in [0.15, 0.2) is 0 Å². The van der Waals surface area contributed by atoms with Crippen LogP contribution in [0.4, 0.5) is 5.13 Å². The van der Waals surface area contributed by atoms with Gasteiger partial charge in [-0.3, -0.25) is 4.79 Å². The zero-order valence-electron chi connectivity index (χ0n) is 11.1. The zero-order valence-corrected chi connectivity index (χ0v) is 12.0. The molecule has 0 saturated carbocycles. The molecule has 1 saturated heterocycles. The van der Waals surface area contributed by atoms with Crippen LogP contribution in [0.1, 0.15) is 37.6 Å². The standard InChI is InChI=1S/C12H20N4OS/c1-8(2)11-14-15-12(18-11)16-6-4-5-9(7-16)10(17)13-3/h8-9H,4-7H2,1-3H3,(H,13,17). The molecule has 100 valence electrons. The Morgan fingerprint density at radius 3 is 2.89 bits per heavy atom. The molecule has 1 amide bonds. The lowest BCUT2D eigenvalue weighted by atomic mass is 9.98. The lowest BCUT2D eigenvalue weighted by molar-refractivity contribution is -0.124. The molecule has 2 rings (SSSR count). The van der Waals surface area contributed by atoms with E-state index >= 15 is 0 Å². The number of carbonyl (C=O) groups excluding carboxylic acids is 1. The molecule has 2 heterocycles. The van der Waals surface area contributed by atoms with Crippen LogP contribution in [-0.4, -0.2) is 36.2 Å². The minimum absolute atomic E-state index is 0.0788. The van der Waals surface area contributed by atoms with Crippen LogP contribution in [0.2, 0.25) is 0 Å². The first-order chi connectivity index (χ1) is 8.61. The highest BCUT2D eigenvalue weighted by Crippen LogP contribution is 2.29. The Kier molecular flexibility index (Phi) is 4.16. The van der Waals surface area contributed by atoms with E-state index in [9.17, 15) is 4.79 Å². The molecule has 1 N–H and O–H groups in total. The van der Waals surface area contributed by atoms with Crippen LogP contribution in [0.5, 0.6) is 0 Å². The Bertz CT molecular complexity index is 418. The van der Waals surface area contributed by atoms with Crippen LogP contribution in [0.3, 0.4) is 0 Å². The van der Waals surface area contributed by atoms with Gasteiger partial charge in [0, 0.05) is 26.1 Å². The number of amides is 1. The Morgan fingerprint density at radius 1 is 1.50 bits per heavy atom. The second-order valence-electron chi connectivity index (χ2n) is 4.98. The fourth-order valence-corrected chi connectivity index (χ4v) is 3.04. The minimum atomic E-state index is 0.0788. The molecular weight excluding hydrogens is 248 g/mol. The topological polar surface area (TPSA) is 58.1 Å². The number of hydrogen-bond donors (Lipinski definition) is 1. The van der Waals surface area contributed by atoms with E-state index in [1.54, 1.807) is 18.4 Å². The second kappa shape index (κ2) is 5.65. The van der Waals surface area contributed by atoms with E-state index in [0.717, 1.165) is 36.1 Å². The minimum Gasteiger partial charge on any atom is -0.359 e. The highest BCUT2D eigenvalue weighted by atomic mass is 32.1. The quantitative estimate of drug-likeness (QED) is 0.905. The van der Waals surface area contributed by atoms with Gasteiger partial charge in [0.1, 0.15) is 5.01 Å². The summed E-state index contributed by atoms with van der Waals surface area (Å²) in [5.41, 5.74) is 0. The smallest absolute Gasteiger partial charge is 0.224 e. The largest absolute Gasteiger partial charge is 0.359 e. The number of rotatable bonds is 3. The van der Waals surface area contributed by atoms with Gasteiger partial charge >= 0.3 is 0 Å². The predicted octanol–water partition coefficient (Wildman–Crippen LogP) is 1.62.